The highest BCUT2D eigenvalue weighted by Gasteiger charge is 2.25. The van der Waals surface area contributed by atoms with Crippen molar-refractivity contribution in [3.63, 3.8) is 0 Å². The number of nitrogens with one attached hydrogen (secondary N) is 1. The van der Waals surface area contributed by atoms with Crippen LogP contribution in [0.4, 0.5) is 0 Å². The Kier molecular flexibility index (Phi) is 3.87. The van der Waals surface area contributed by atoms with Gasteiger partial charge in [-0.2, -0.15) is 5.10 Å². The number of carbonyl (C=O) groups is 1. The molecule has 1 atom stereocenters. The van der Waals surface area contributed by atoms with Crippen molar-refractivity contribution in [1.82, 2.24) is 25.1 Å². The number of para-hydroxylation sites is 1. The second kappa shape index (κ2) is 6.54. The van der Waals surface area contributed by atoms with Gasteiger partial charge in [-0.3, -0.25) is 19.4 Å². The molecule has 1 aliphatic rings. The Balaban J connectivity index is 1.53. The minimum absolute atomic E-state index is 0.0931. The molecule has 1 aromatic carbocycles. The van der Waals surface area contributed by atoms with Crippen molar-refractivity contribution in [3.8, 4) is 22.5 Å². The maximum absolute atomic E-state index is 12.3. The zero-order chi connectivity index (χ0) is 19.1. The topological polar surface area (TPSA) is 98.7 Å². The molecule has 0 saturated heterocycles. The lowest BCUT2D eigenvalue weighted by Gasteiger charge is -2.22. The molecular weight excluding hydrogens is 352 g/mol. The van der Waals surface area contributed by atoms with Crippen molar-refractivity contribution in [2.75, 3.05) is 6.54 Å². The molecule has 0 aliphatic carbocycles. The standard InChI is InChI=1S/C21H18N6O/c22-10-16-12-27-20(21(28)25-16)9-19(26-27)14-5-6-23-18(8-14)15-7-13-3-1-2-4-17(13)24-11-15/h1-9,11,16H,10,12,22H2,(H,25,28). The SMILES string of the molecule is NCC1Cn2nc(-c3ccnc(-c4cnc5ccccc5c4)c3)cc2C(=O)N1. The molecule has 0 saturated carbocycles. The Labute approximate surface area is 161 Å². The van der Waals surface area contributed by atoms with Crippen LogP contribution in [0.25, 0.3) is 33.4 Å². The number of hydrogen-bond donors (Lipinski definition) is 2. The molecule has 3 N–H and O–H groups in total. The number of rotatable bonds is 3. The summed E-state index contributed by atoms with van der Waals surface area (Å²) in [6.07, 6.45) is 3.58. The molecule has 0 bridgehead atoms. The summed E-state index contributed by atoms with van der Waals surface area (Å²) < 4.78 is 1.73. The van der Waals surface area contributed by atoms with Crippen LogP contribution >= 0.6 is 0 Å². The molecule has 1 unspecified atom stereocenters. The van der Waals surface area contributed by atoms with E-state index in [1.165, 1.54) is 0 Å². The molecule has 5 rings (SSSR count). The lowest BCUT2D eigenvalue weighted by Crippen LogP contribution is -2.48. The molecule has 3 aromatic heterocycles. The molecule has 0 radical (unpaired) electrons. The molecule has 1 amide bonds. The monoisotopic (exact) mass is 370 g/mol. The van der Waals surface area contributed by atoms with E-state index in [1.807, 2.05) is 42.6 Å². The highest BCUT2D eigenvalue weighted by Crippen LogP contribution is 2.26. The van der Waals surface area contributed by atoms with Crippen molar-refractivity contribution < 1.29 is 4.79 Å². The first kappa shape index (κ1) is 16.6. The first-order chi connectivity index (χ1) is 13.7. The van der Waals surface area contributed by atoms with Crippen LogP contribution in [0.5, 0.6) is 0 Å². The van der Waals surface area contributed by atoms with Crippen LogP contribution in [0.2, 0.25) is 0 Å². The molecular formula is C21H18N6O. The van der Waals surface area contributed by atoms with E-state index in [-0.39, 0.29) is 11.9 Å². The summed E-state index contributed by atoms with van der Waals surface area (Å²) in [5, 5.41) is 8.57. The van der Waals surface area contributed by atoms with Crippen molar-refractivity contribution in [2.24, 2.45) is 5.73 Å². The van der Waals surface area contributed by atoms with Gasteiger partial charge in [-0.25, -0.2) is 0 Å². The van der Waals surface area contributed by atoms with Crippen LogP contribution in [0.15, 0.2) is 60.9 Å². The van der Waals surface area contributed by atoms with Crippen LogP contribution in [0.3, 0.4) is 0 Å². The maximum atomic E-state index is 12.3. The number of carbonyl (C=O) groups excluding carboxylic acids is 1. The van der Waals surface area contributed by atoms with Crippen LogP contribution in [0.1, 0.15) is 10.5 Å². The average molecular weight is 370 g/mol. The Hall–Kier alpha value is -3.58. The van der Waals surface area contributed by atoms with Crippen molar-refractivity contribution in [3.05, 3.63) is 66.6 Å². The first-order valence-corrected chi connectivity index (χ1v) is 9.11. The van der Waals surface area contributed by atoms with Crippen molar-refractivity contribution in [1.29, 1.82) is 0 Å². The predicted molar refractivity (Wildman–Crippen MR) is 107 cm³/mol. The predicted octanol–water partition coefficient (Wildman–Crippen LogP) is 2.23. The molecule has 4 aromatic rings. The summed E-state index contributed by atoms with van der Waals surface area (Å²) in [6, 6.07) is 15.6. The third-order valence-electron chi connectivity index (χ3n) is 4.97. The number of amides is 1. The lowest BCUT2D eigenvalue weighted by atomic mass is 10.1. The lowest BCUT2D eigenvalue weighted by molar-refractivity contribution is 0.0898. The Morgan fingerprint density at radius 2 is 1.96 bits per heavy atom. The summed E-state index contributed by atoms with van der Waals surface area (Å²) in [5.41, 5.74) is 10.6. The third kappa shape index (κ3) is 2.82. The van der Waals surface area contributed by atoms with Gasteiger partial charge < -0.3 is 11.1 Å². The fraction of sp³-hybridized carbons (Fsp3) is 0.143. The van der Waals surface area contributed by atoms with Crippen molar-refractivity contribution >= 4 is 16.8 Å². The summed E-state index contributed by atoms with van der Waals surface area (Å²) in [5.74, 6) is -0.145. The number of aromatic nitrogens is 4. The number of nitrogens with two attached hydrogens (primary N) is 1. The smallest absolute Gasteiger partial charge is 0.269 e. The molecule has 4 heterocycles. The summed E-state index contributed by atoms with van der Waals surface area (Å²) >= 11 is 0. The Morgan fingerprint density at radius 3 is 2.86 bits per heavy atom. The zero-order valence-corrected chi connectivity index (χ0v) is 15.0. The van der Waals surface area contributed by atoms with Gasteiger partial charge in [-0.15, -0.1) is 0 Å². The van der Waals surface area contributed by atoms with Crippen LogP contribution < -0.4 is 11.1 Å². The van der Waals surface area contributed by atoms with E-state index in [0.717, 1.165) is 33.4 Å². The average Bonchev–Trinajstić information content (AvgIpc) is 3.18. The van der Waals surface area contributed by atoms with Gasteiger partial charge in [-0.1, -0.05) is 18.2 Å². The van der Waals surface area contributed by atoms with E-state index < -0.39 is 0 Å². The highest BCUT2D eigenvalue weighted by molar-refractivity contribution is 5.94. The molecule has 138 valence electrons. The second-order valence-electron chi connectivity index (χ2n) is 6.85. The molecule has 0 spiro atoms. The number of hydrogen-bond acceptors (Lipinski definition) is 5. The van der Waals surface area contributed by atoms with Gasteiger partial charge in [0.15, 0.2) is 0 Å². The van der Waals surface area contributed by atoms with Gasteiger partial charge >= 0.3 is 0 Å². The number of pyridine rings is 2. The van der Waals surface area contributed by atoms with Gasteiger partial charge in [0.05, 0.1) is 29.5 Å². The van der Waals surface area contributed by atoms with E-state index in [0.29, 0.717) is 18.8 Å². The fourth-order valence-electron chi connectivity index (χ4n) is 3.49. The third-order valence-corrected chi connectivity index (χ3v) is 4.97. The highest BCUT2D eigenvalue weighted by atomic mass is 16.2. The van der Waals surface area contributed by atoms with E-state index >= 15 is 0 Å². The molecule has 7 nitrogen and oxygen atoms in total. The number of fused-ring (bicyclic) bond motifs is 2. The van der Waals surface area contributed by atoms with Crippen LogP contribution in [0, 0.1) is 0 Å². The van der Waals surface area contributed by atoms with Gasteiger partial charge in [0.2, 0.25) is 0 Å². The minimum atomic E-state index is -0.145. The second-order valence-corrected chi connectivity index (χ2v) is 6.85. The van der Waals surface area contributed by atoms with E-state index in [9.17, 15) is 4.79 Å². The van der Waals surface area contributed by atoms with Crippen LogP contribution in [-0.2, 0) is 6.54 Å². The van der Waals surface area contributed by atoms with E-state index in [1.54, 1.807) is 16.9 Å². The minimum Gasteiger partial charge on any atom is -0.345 e. The molecule has 7 heteroatoms. The largest absolute Gasteiger partial charge is 0.345 e. The quantitative estimate of drug-likeness (QED) is 0.576. The molecule has 0 fully saturated rings. The Morgan fingerprint density at radius 1 is 1.07 bits per heavy atom. The normalized spacial score (nSPS) is 16.0. The van der Waals surface area contributed by atoms with Gasteiger partial charge in [-0.05, 0) is 30.3 Å². The van der Waals surface area contributed by atoms with Gasteiger partial charge in [0, 0.05) is 35.5 Å². The zero-order valence-electron chi connectivity index (χ0n) is 15.0. The van der Waals surface area contributed by atoms with Crippen LogP contribution in [-0.4, -0.2) is 38.2 Å². The summed E-state index contributed by atoms with van der Waals surface area (Å²) in [6.45, 7) is 0.957. The maximum Gasteiger partial charge on any atom is 0.269 e. The molecule has 1 aliphatic heterocycles. The molecule has 28 heavy (non-hydrogen) atoms. The van der Waals surface area contributed by atoms with E-state index in [4.69, 9.17) is 5.73 Å². The fourth-order valence-corrected chi connectivity index (χ4v) is 3.49. The first-order valence-electron chi connectivity index (χ1n) is 9.11. The van der Waals surface area contributed by atoms with E-state index in [2.05, 4.69) is 26.4 Å². The summed E-state index contributed by atoms with van der Waals surface area (Å²) in [7, 11) is 0. The van der Waals surface area contributed by atoms with Gasteiger partial charge in [0.1, 0.15) is 5.69 Å². The van der Waals surface area contributed by atoms with Gasteiger partial charge in [0.25, 0.3) is 5.91 Å². The Bertz CT molecular complexity index is 1200. The number of nitrogens with zero attached hydrogens (tertiary/aromatic N) is 4. The van der Waals surface area contributed by atoms with Crippen molar-refractivity contribution in [2.45, 2.75) is 12.6 Å². The summed E-state index contributed by atoms with van der Waals surface area (Å²) in [4.78, 5) is 21.3. The number of benzene rings is 1.